The highest BCUT2D eigenvalue weighted by atomic mass is 16.3. The second kappa shape index (κ2) is 3.02. The normalized spacial score (nSPS) is 11.0. The molecule has 2 heterocycles. The van der Waals surface area contributed by atoms with Gasteiger partial charge in [-0.1, -0.05) is 18.2 Å². The molecule has 0 aliphatic rings. The molecule has 2 nitrogen and oxygen atoms in total. The van der Waals surface area contributed by atoms with Gasteiger partial charge in [-0.2, -0.15) is 0 Å². The van der Waals surface area contributed by atoms with Gasteiger partial charge >= 0.3 is 0 Å². The molecule has 0 aliphatic carbocycles. The fourth-order valence-corrected chi connectivity index (χ4v) is 1.97. The van der Waals surface area contributed by atoms with E-state index in [1.54, 1.807) is 6.26 Å². The second-order valence-electron chi connectivity index (χ2n) is 3.65. The van der Waals surface area contributed by atoms with Gasteiger partial charge in [-0.05, 0) is 18.2 Å². The lowest BCUT2D eigenvalue weighted by Crippen LogP contribution is -1.81. The van der Waals surface area contributed by atoms with E-state index in [-0.39, 0.29) is 0 Å². The Bertz CT molecular complexity index is 590. The molecule has 1 aromatic carbocycles. The van der Waals surface area contributed by atoms with Crippen molar-refractivity contribution in [2.45, 2.75) is 0 Å². The van der Waals surface area contributed by atoms with Crippen LogP contribution in [-0.2, 0) is 7.05 Å². The molecule has 0 unspecified atom stereocenters. The highest BCUT2D eigenvalue weighted by Crippen LogP contribution is 2.29. The predicted molar refractivity (Wildman–Crippen MR) is 60.6 cm³/mol. The largest absolute Gasteiger partial charge is 0.464 e. The second-order valence-corrected chi connectivity index (χ2v) is 3.65. The third-order valence-corrected chi connectivity index (χ3v) is 2.68. The first-order chi connectivity index (χ1) is 7.36. The van der Waals surface area contributed by atoms with Crippen molar-refractivity contribution in [3.05, 3.63) is 48.9 Å². The third kappa shape index (κ3) is 1.18. The van der Waals surface area contributed by atoms with E-state index in [1.807, 2.05) is 18.2 Å². The summed E-state index contributed by atoms with van der Waals surface area (Å²) in [6.07, 6.45) is 3.81. The topological polar surface area (TPSA) is 18.1 Å². The van der Waals surface area contributed by atoms with Crippen molar-refractivity contribution in [1.29, 1.82) is 0 Å². The monoisotopic (exact) mass is 197 g/mol. The molecule has 0 aliphatic heterocycles. The molecule has 0 saturated carbocycles. The SMILES string of the molecule is Cn1cc(-c2ccco2)c2ccccc21. The summed E-state index contributed by atoms with van der Waals surface area (Å²) in [7, 11) is 2.05. The summed E-state index contributed by atoms with van der Waals surface area (Å²) in [6.45, 7) is 0. The standard InChI is InChI=1S/C13H11NO/c1-14-9-11(13-7-4-8-15-13)10-5-2-3-6-12(10)14/h2-9H,1H3. The van der Waals surface area contributed by atoms with Crippen molar-refractivity contribution < 1.29 is 4.42 Å². The first kappa shape index (κ1) is 8.36. The van der Waals surface area contributed by atoms with Crippen LogP contribution in [0, 0.1) is 0 Å². The Morgan fingerprint density at radius 3 is 2.73 bits per heavy atom. The highest BCUT2D eigenvalue weighted by Gasteiger charge is 2.09. The van der Waals surface area contributed by atoms with Gasteiger partial charge in [0.25, 0.3) is 0 Å². The van der Waals surface area contributed by atoms with Crippen molar-refractivity contribution >= 4 is 10.9 Å². The molecule has 3 aromatic rings. The minimum Gasteiger partial charge on any atom is -0.464 e. The first-order valence-electron chi connectivity index (χ1n) is 4.94. The van der Waals surface area contributed by atoms with Crippen LogP contribution in [0.5, 0.6) is 0 Å². The van der Waals surface area contributed by atoms with Crippen LogP contribution in [0.25, 0.3) is 22.2 Å². The fraction of sp³-hybridized carbons (Fsp3) is 0.0769. The van der Waals surface area contributed by atoms with Crippen LogP contribution < -0.4 is 0 Å². The summed E-state index contributed by atoms with van der Waals surface area (Å²) >= 11 is 0. The Kier molecular flexibility index (Phi) is 1.68. The van der Waals surface area contributed by atoms with Gasteiger partial charge < -0.3 is 8.98 Å². The maximum atomic E-state index is 5.43. The van der Waals surface area contributed by atoms with E-state index in [0.717, 1.165) is 11.3 Å². The molecule has 74 valence electrons. The van der Waals surface area contributed by atoms with Gasteiger partial charge in [-0.15, -0.1) is 0 Å². The van der Waals surface area contributed by atoms with Crippen LogP contribution in [0.15, 0.2) is 53.3 Å². The lowest BCUT2D eigenvalue weighted by atomic mass is 10.1. The van der Waals surface area contributed by atoms with E-state index in [9.17, 15) is 0 Å². The van der Waals surface area contributed by atoms with Gasteiger partial charge in [0.2, 0.25) is 0 Å². The Balaban J connectivity index is 2.37. The Morgan fingerprint density at radius 1 is 1.07 bits per heavy atom. The number of aromatic nitrogens is 1. The summed E-state index contributed by atoms with van der Waals surface area (Å²) < 4.78 is 7.55. The molecule has 2 aromatic heterocycles. The lowest BCUT2D eigenvalue weighted by molar-refractivity contribution is 0.582. The van der Waals surface area contributed by atoms with E-state index >= 15 is 0 Å². The average Bonchev–Trinajstić information content (AvgIpc) is 2.87. The maximum absolute atomic E-state index is 5.43. The highest BCUT2D eigenvalue weighted by molar-refractivity contribution is 5.94. The number of rotatable bonds is 1. The van der Waals surface area contributed by atoms with Crippen LogP contribution in [-0.4, -0.2) is 4.57 Å². The summed E-state index contributed by atoms with van der Waals surface area (Å²) in [6, 6.07) is 12.2. The molecular weight excluding hydrogens is 186 g/mol. The van der Waals surface area contributed by atoms with Crippen molar-refractivity contribution in [1.82, 2.24) is 4.57 Å². The Morgan fingerprint density at radius 2 is 1.93 bits per heavy atom. The van der Waals surface area contributed by atoms with E-state index < -0.39 is 0 Å². The lowest BCUT2D eigenvalue weighted by Gasteiger charge is -1.93. The molecular formula is C13H11NO. The van der Waals surface area contributed by atoms with E-state index in [4.69, 9.17) is 4.42 Å². The number of hydrogen-bond donors (Lipinski definition) is 0. The molecule has 2 heteroatoms. The molecule has 0 amide bonds. The van der Waals surface area contributed by atoms with Crippen LogP contribution in [0.1, 0.15) is 0 Å². The van der Waals surface area contributed by atoms with Crippen molar-refractivity contribution in [3.8, 4) is 11.3 Å². The third-order valence-electron chi connectivity index (χ3n) is 2.68. The molecule has 0 saturated heterocycles. The van der Waals surface area contributed by atoms with Crippen LogP contribution in [0.2, 0.25) is 0 Å². The van der Waals surface area contributed by atoms with E-state index in [2.05, 4.69) is 36.0 Å². The number of benzene rings is 1. The number of aryl methyl sites for hydroxylation is 1. The molecule has 0 radical (unpaired) electrons. The van der Waals surface area contributed by atoms with Crippen molar-refractivity contribution in [2.75, 3.05) is 0 Å². The van der Waals surface area contributed by atoms with Gasteiger partial charge in [0.1, 0.15) is 5.76 Å². The number of furan rings is 1. The quantitative estimate of drug-likeness (QED) is 0.584. The van der Waals surface area contributed by atoms with Crippen molar-refractivity contribution in [3.63, 3.8) is 0 Å². The molecule has 0 spiro atoms. The average molecular weight is 197 g/mol. The van der Waals surface area contributed by atoms with Crippen molar-refractivity contribution in [2.24, 2.45) is 7.05 Å². The maximum Gasteiger partial charge on any atom is 0.136 e. The van der Waals surface area contributed by atoms with Gasteiger partial charge in [0.15, 0.2) is 0 Å². The van der Waals surface area contributed by atoms with Crippen LogP contribution in [0.3, 0.4) is 0 Å². The molecule has 0 atom stereocenters. The zero-order chi connectivity index (χ0) is 10.3. The van der Waals surface area contributed by atoms with Crippen LogP contribution >= 0.6 is 0 Å². The zero-order valence-corrected chi connectivity index (χ0v) is 8.47. The number of hydrogen-bond acceptors (Lipinski definition) is 1. The predicted octanol–water partition coefficient (Wildman–Crippen LogP) is 3.44. The summed E-state index contributed by atoms with van der Waals surface area (Å²) in [5, 5.41) is 1.23. The van der Waals surface area contributed by atoms with Gasteiger partial charge in [0, 0.05) is 29.7 Å². The Labute approximate surface area is 87.7 Å². The Hall–Kier alpha value is -1.96. The van der Waals surface area contributed by atoms with Gasteiger partial charge in [-0.25, -0.2) is 0 Å². The molecule has 3 rings (SSSR count). The number of para-hydroxylation sites is 1. The molecule has 0 N–H and O–H groups in total. The minimum absolute atomic E-state index is 0.923. The fourth-order valence-electron chi connectivity index (χ4n) is 1.97. The van der Waals surface area contributed by atoms with Gasteiger partial charge in [0.05, 0.1) is 6.26 Å². The summed E-state index contributed by atoms with van der Waals surface area (Å²) in [5.41, 5.74) is 2.38. The zero-order valence-electron chi connectivity index (χ0n) is 8.47. The first-order valence-corrected chi connectivity index (χ1v) is 4.94. The van der Waals surface area contributed by atoms with Crippen LogP contribution in [0.4, 0.5) is 0 Å². The van der Waals surface area contributed by atoms with E-state index in [1.165, 1.54) is 10.9 Å². The molecule has 15 heavy (non-hydrogen) atoms. The number of nitrogens with zero attached hydrogens (tertiary/aromatic N) is 1. The summed E-state index contributed by atoms with van der Waals surface area (Å²) in [5.74, 6) is 0.923. The van der Waals surface area contributed by atoms with E-state index in [0.29, 0.717) is 0 Å². The summed E-state index contributed by atoms with van der Waals surface area (Å²) in [4.78, 5) is 0. The number of fused-ring (bicyclic) bond motifs is 1. The minimum atomic E-state index is 0.923. The van der Waals surface area contributed by atoms with Gasteiger partial charge in [-0.3, -0.25) is 0 Å². The smallest absolute Gasteiger partial charge is 0.136 e. The molecule has 0 fully saturated rings. The molecule has 0 bridgehead atoms.